The van der Waals surface area contributed by atoms with E-state index in [1.165, 1.54) is 0 Å². The van der Waals surface area contributed by atoms with Crippen molar-refractivity contribution in [1.29, 1.82) is 0 Å². The molecule has 4 nitrogen and oxygen atoms in total. The third kappa shape index (κ3) is 3.45. The molecule has 2 aromatic heterocycles. The van der Waals surface area contributed by atoms with E-state index < -0.39 is 17.6 Å². The molecule has 3 aromatic rings. The van der Waals surface area contributed by atoms with Gasteiger partial charge in [0.15, 0.2) is 5.01 Å². The minimum absolute atomic E-state index is 0.0328. The lowest BCUT2D eigenvalue weighted by Gasteiger charge is -2.09. The quantitative estimate of drug-likeness (QED) is 0.656. The Labute approximate surface area is 131 Å². The molecule has 0 radical (unpaired) electrons. The van der Waals surface area contributed by atoms with Crippen molar-refractivity contribution in [2.75, 3.05) is 0 Å². The van der Waals surface area contributed by atoms with Crippen molar-refractivity contribution in [3.63, 3.8) is 0 Å². The van der Waals surface area contributed by atoms with Crippen LogP contribution in [0.3, 0.4) is 0 Å². The highest BCUT2D eigenvalue weighted by molar-refractivity contribution is 7.16. The summed E-state index contributed by atoms with van der Waals surface area (Å²) in [6, 6.07) is 7.57. The van der Waals surface area contributed by atoms with Gasteiger partial charge in [-0.3, -0.25) is 4.98 Å². The van der Waals surface area contributed by atoms with Gasteiger partial charge < -0.3 is 4.74 Å². The summed E-state index contributed by atoms with van der Waals surface area (Å²) in [5, 5.41) is 8.08. The molecule has 9 heteroatoms. The van der Waals surface area contributed by atoms with E-state index in [2.05, 4.69) is 15.2 Å². The highest BCUT2D eigenvalue weighted by Gasteiger charge is 2.34. The molecule has 0 saturated heterocycles. The number of halogens is 4. The van der Waals surface area contributed by atoms with Crippen LogP contribution in [0.5, 0.6) is 10.9 Å². The summed E-state index contributed by atoms with van der Waals surface area (Å²) in [5.74, 6) is -1.54. The molecule has 0 saturated carbocycles. The van der Waals surface area contributed by atoms with Crippen LogP contribution >= 0.6 is 11.3 Å². The Bertz CT molecular complexity index is 820. The third-order valence-electron chi connectivity index (χ3n) is 2.74. The summed E-state index contributed by atoms with van der Waals surface area (Å²) >= 11 is 1.02. The number of alkyl halides is 3. The molecule has 3 rings (SSSR count). The van der Waals surface area contributed by atoms with Crippen LogP contribution in [0.1, 0.15) is 5.56 Å². The van der Waals surface area contributed by atoms with Crippen molar-refractivity contribution >= 4 is 11.3 Å². The molecule has 0 unspecified atom stereocenters. The Kier molecular flexibility index (Phi) is 3.95. The van der Waals surface area contributed by atoms with Crippen LogP contribution in [0.25, 0.3) is 10.7 Å². The van der Waals surface area contributed by atoms with Crippen LogP contribution in [0.2, 0.25) is 0 Å². The van der Waals surface area contributed by atoms with Gasteiger partial charge in [0.05, 0.1) is 5.56 Å². The average Bonchev–Trinajstić information content (AvgIpc) is 2.97. The SMILES string of the molecule is Fc1ccc(Oc2nnc(-c3ccccn3)s2)cc1C(F)(F)F. The molecule has 0 aliphatic rings. The maximum atomic E-state index is 13.2. The Morgan fingerprint density at radius 3 is 2.57 bits per heavy atom. The molecule has 0 spiro atoms. The number of pyridine rings is 1. The molecule has 0 bridgehead atoms. The van der Waals surface area contributed by atoms with Crippen molar-refractivity contribution in [3.05, 3.63) is 54.0 Å². The summed E-state index contributed by atoms with van der Waals surface area (Å²) in [5.41, 5.74) is -0.834. The molecule has 0 N–H and O–H groups in total. The lowest BCUT2D eigenvalue weighted by atomic mass is 10.2. The minimum Gasteiger partial charge on any atom is -0.430 e. The summed E-state index contributed by atoms with van der Waals surface area (Å²) in [4.78, 5) is 4.08. The Hall–Kier alpha value is -2.55. The van der Waals surface area contributed by atoms with Gasteiger partial charge >= 0.3 is 6.18 Å². The zero-order valence-electron chi connectivity index (χ0n) is 11.2. The molecule has 118 valence electrons. The summed E-state index contributed by atoms with van der Waals surface area (Å²) < 4.78 is 56.4. The lowest BCUT2D eigenvalue weighted by molar-refractivity contribution is -0.140. The monoisotopic (exact) mass is 341 g/mol. The van der Waals surface area contributed by atoms with Crippen molar-refractivity contribution in [2.24, 2.45) is 0 Å². The maximum absolute atomic E-state index is 13.2. The normalized spacial score (nSPS) is 11.5. The third-order valence-corrected chi connectivity index (χ3v) is 3.56. The number of nitrogens with zero attached hydrogens (tertiary/aromatic N) is 3. The molecule has 0 fully saturated rings. The number of ether oxygens (including phenoxy) is 1. The van der Waals surface area contributed by atoms with Gasteiger partial charge in [-0.15, -0.1) is 5.10 Å². The van der Waals surface area contributed by atoms with Crippen LogP contribution in [-0.4, -0.2) is 15.2 Å². The zero-order valence-corrected chi connectivity index (χ0v) is 12.0. The smallest absolute Gasteiger partial charge is 0.419 e. The second kappa shape index (κ2) is 5.92. The zero-order chi connectivity index (χ0) is 16.4. The van der Waals surface area contributed by atoms with Crippen LogP contribution < -0.4 is 4.74 Å². The topological polar surface area (TPSA) is 47.9 Å². The lowest BCUT2D eigenvalue weighted by Crippen LogP contribution is -2.08. The predicted molar refractivity (Wildman–Crippen MR) is 74.6 cm³/mol. The second-order valence-electron chi connectivity index (χ2n) is 4.33. The first-order valence-corrected chi connectivity index (χ1v) is 7.04. The summed E-state index contributed by atoms with van der Waals surface area (Å²) in [6.45, 7) is 0. The molecule has 1 aromatic carbocycles. The fourth-order valence-corrected chi connectivity index (χ4v) is 2.42. The number of hydrogen-bond donors (Lipinski definition) is 0. The number of hydrogen-bond acceptors (Lipinski definition) is 5. The van der Waals surface area contributed by atoms with Gasteiger partial charge in [0.2, 0.25) is 0 Å². The van der Waals surface area contributed by atoms with Crippen LogP contribution in [0, 0.1) is 5.82 Å². The Morgan fingerprint density at radius 2 is 1.87 bits per heavy atom. The molecule has 0 atom stereocenters. The first kappa shape index (κ1) is 15.3. The molecule has 23 heavy (non-hydrogen) atoms. The van der Waals surface area contributed by atoms with E-state index in [0.717, 1.165) is 17.4 Å². The van der Waals surface area contributed by atoms with Crippen molar-refractivity contribution < 1.29 is 22.3 Å². The van der Waals surface area contributed by atoms with E-state index in [1.54, 1.807) is 24.4 Å². The van der Waals surface area contributed by atoms with Crippen LogP contribution in [0.15, 0.2) is 42.6 Å². The second-order valence-corrected chi connectivity index (χ2v) is 5.27. The predicted octanol–water partition coefficient (Wildman–Crippen LogP) is 4.55. The van der Waals surface area contributed by atoms with Gasteiger partial charge in [-0.05, 0) is 30.3 Å². The first-order chi connectivity index (χ1) is 10.9. The van der Waals surface area contributed by atoms with Gasteiger partial charge in [-0.1, -0.05) is 22.5 Å². The number of rotatable bonds is 3. The van der Waals surface area contributed by atoms with E-state index in [4.69, 9.17) is 4.74 Å². The van der Waals surface area contributed by atoms with E-state index >= 15 is 0 Å². The van der Waals surface area contributed by atoms with Crippen LogP contribution in [0.4, 0.5) is 17.6 Å². The van der Waals surface area contributed by atoms with E-state index in [9.17, 15) is 17.6 Å². The first-order valence-electron chi connectivity index (χ1n) is 6.23. The molecular formula is C14H7F4N3OS. The maximum Gasteiger partial charge on any atom is 0.419 e. The average molecular weight is 341 g/mol. The summed E-state index contributed by atoms with van der Waals surface area (Å²) in [6.07, 6.45) is -3.23. The number of aromatic nitrogens is 3. The molecule has 0 aliphatic carbocycles. The Balaban J connectivity index is 1.85. The van der Waals surface area contributed by atoms with Gasteiger partial charge in [0.1, 0.15) is 17.3 Å². The van der Waals surface area contributed by atoms with Crippen molar-refractivity contribution in [2.45, 2.75) is 6.18 Å². The van der Waals surface area contributed by atoms with Crippen molar-refractivity contribution in [3.8, 4) is 21.6 Å². The van der Waals surface area contributed by atoms with Gasteiger partial charge in [-0.2, -0.15) is 13.2 Å². The summed E-state index contributed by atoms with van der Waals surface area (Å²) in [7, 11) is 0. The largest absolute Gasteiger partial charge is 0.430 e. The van der Waals surface area contributed by atoms with Gasteiger partial charge in [0, 0.05) is 6.20 Å². The standard InChI is InChI=1S/C14H7F4N3OS/c15-10-5-4-8(7-9(10)14(16,17)18)22-13-21-20-12(23-13)11-3-1-2-6-19-11/h1-7H. The van der Waals surface area contributed by atoms with Gasteiger partial charge in [0.25, 0.3) is 5.19 Å². The highest BCUT2D eigenvalue weighted by atomic mass is 32.1. The Morgan fingerprint density at radius 1 is 1.04 bits per heavy atom. The van der Waals surface area contributed by atoms with E-state index in [1.807, 2.05) is 0 Å². The minimum atomic E-state index is -4.80. The van der Waals surface area contributed by atoms with E-state index in [0.29, 0.717) is 22.8 Å². The fourth-order valence-electron chi connectivity index (χ4n) is 1.73. The van der Waals surface area contributed by atoms with Crippen molar-refractivity contribution in [1.82, 2.24) is 15.2 Å². The molecule has 0 amide bonds. The van der Waals surface area contributed by atoms with E-state index in [-0.39, 0.29) is 10.9 Å². The highest BCUT2D eigenvalue weighted by Crippen LogP contribution is 2.36. The number of benzene rings is 1. The molecule has 2 heterocycles. The molecular weight excluding hydrogens is 334 g/mol. The fraction of sp³-hybridized carbons (Fsp3) is 0.0714. The van der Waals surface area contributed by atoms with Gasteiger partial charge in [-0.25, -0.2) is 4.39 Å². The van der Waals surface area contributed by atoms with Crippen LogP contribution in [-0.2, 0) is 6.18 Å². The molecule has 0 aliphatic heterocycles.